The van der Waals surface area contributed by atoms with Crippen LogP contribution in [0, 0.1) is 0 Å². The van der Waals surface area contributed by atoms with Crippen LogP contribution in [0.1, 0.15) is 86.5 Å². The molecule has 0 saturated carbocycles. The van der Waals surface area contributed by atoms with Crippen LogP contribution in [0.15, 0.2) is 0 Å². The van der Waals surface area contributed by atoms with Gasteiger partial charge in [0.1, 0.15) is 0 Å². The summed E-state index contributed by atoms with van der Waals surface area (Å²) in [7, 11) is -3.56. The number of rotatable bonds is 23. The fraction of sp³-hybridized carbons (Fsp3) is 1.00. The van der Waals surface area contributed by atoms with E-state index in [2.05, 4.69) is 12.2 Å². The van der Waals surface area contributed by atoms with Crippen molar-refractivity contribution in [2.24, 2.45) is 0 Å². The van der Waals surface area contributed by atoms with Crippen molar-refractivity contribution in [2.75, 3.05) is 46.1 Å². The van der Waals surface area contributed by atoms with Crippen LogP contribution < -0.4 is 5.32 Å². The lowest BCUT2D eigenvalue weighted by Crippen LogP contribution is -2.45. The van der Waals surface area contributed by atoms with Crippen molar-refractivity contribution in [2.45, 2.75) is 98.1 Å². The Morgan fingerprint density at radius 2 is 1.17 bits per heavy atom. The summed E-state index contributed by atoms with van der Waals surface area (Å²) < 4.78 is 29.3. The zero-order chi connectivity index (χ0) is 22.5. The lowest BCUT2D eigenvalue weighted by atomic mass is 10.1. The Morgan fingerprint density at radius 3 is 1.67 bits per heavy atom. The second-order valence-corrected chi connectivity index (χ2v) is 12.4. The lowest BCUT2D eigenvalue weighted by molar-refractivity contribution is 0.0706. The molecular weight excluding hydrogens is 414 g/mol. The maximum absolute atomic E-state index is 5.92. The Hall–Kier alpha value is 0.194. The minimum absolute atomic E-state index is 0.517. The standard InChI is InChI=1S/C22H50NO5Si2/c1-7-24-29(25-8-2)22(6)18-20-23-19-16-14-12-13-15-17-21-30(26-9-3,27-10-4)28-11-5/h22-23H,7-21H2,1-6H3. The number of nitrogens with one attached hydrogen (secondary N) is 1. The zero-order valence-corrected chi connectivity index (χ0v) is 22.7. The van der Waals surface area contributed by atoms with Gasteiger partial charge in [-0.15, -0.1) is 0 Å². The molecule has 0 amide bonds. The van der Waals surface area contributed by atoms with E-state index in [1.165, 1.54) is 32.1 Å². The molecule has 0 aliphatic rings. The van der Waals surface area contributed by atoms with Gasteiger partial charge < -0.3 is 27.4 Å². The molecule has 0 bridgehead atoms. The van der Waals surface area contributed by atoms with Gasteiger partial charge in [-0.1, -0.05) is 32.6 Å². The van der Waals surface area contributed by atoms with Crippen LogP contribution in [0.25, 0.3) is 0 Å². The molecule has 0 rings (SSSR count). The molecule has 0 saturated heterocycles. The van der Waals surface area contributed by atoms with Gasteiger partial charge in [-0.3, -0.25) is 0 Å². The number of unbranched alkanes of at least 4 members (excludes halogenated alkanes) is 5. The van der Waals surface area contributed by atoms with Crippen LogP contribution in [0.2, 0.25) is 11.6 Å². The molecule has 0 fully saturated rings. The highest BCUT2D eigenvalue weighted by Crippen LogP contribution is 2.20. The first-order valence-corrected chi connectivity index (χ1v) is 15.7. The quantitative estimate of drug-likeness (QED) is 0.163. The van der Waals surface area contributed by atoms with Crippen LogP contribution >= 0.6 is 0 Å². The van der Waals surface area contributed by atoms with Gasteiger partial charge in [-0.05, 0) is 67.0 Å². The van der Waals surface area contributed by atoms with E-state index in [0.29, 0.717) is 25.4 Å². The second kappa shape index (κ2) is 21.1. The minimum Gasteiger partial charge on any atom is -0.393 e. The Bertz CT molecular complexity index is 343. The summed E-state index contributed by atoms with van der Waals surface area (Å²) in [6.07, 6.45) is 8.60. The van der Waals surface area contributed by atoms with Crippen molar-refractivity contribution < 1.29 is 22.1 Å². The average Bonchev–Trinajstić information content (AvgIpc) is 2.72. The van der Waals surface area contributed by atoms with Gasteiger partial charge in [0.25, 0.3) is 0 Å². The van der Waals surface area contributed by atoms with E-state index in [4.69, 9.17) is 22.1 Å². The molecule has 0 aromatic rings. The van der Waals surface area contributed by atoms with Crippen molar-refractivity contribution in [3.8, 4) is 0 Å². The average molecular weight is 465 g/mol. The summed E-state index contributed by atoms with van der Waals surface area (Å²) in [4.78, 5) is 0. The maximum Gasteiger partial charge on any atom is 0.500 e. The molecule has 0 aliphatic heterocycles. The van der Waals surface area contributed by atoms with Crippen LogP contribution in [0.4, 0.5) is 0 Å². The summed E-state index contributed by atoms with van der Waals surface area (Å²) >= 11 is 0. The van der Waals surface area contributed by atoms with Crippen molar-refractivity contribution in [3.63, 3.8) is 0 Å². The molecule has 0 spiro atoms. The Morgan fingerprint density at radius 1 is 0.667 bits per heavy atom. The molecule has 0 heterocycles. The third-order valence-corrected chi connectivity index (χ3v) is 10.3. The zero-order valence-electron chi connectivity index (χ0n) is 20.7. The van der Waals surface area contributed by atoms with E-state index in [0.717, 1.165) is 45.2 Å². The van der Waals surface area contributed by atoms with Crippen LogP contribution in [0.5, 0.6) is 0 Å². The molecule has 0 aromatic carbocycles. The third kappa shape index (κ3) is 15.1. The largest absolute Gasteiger partial charge is 0.500 e. The SMILES string of the molecule is CCO[Si](OCC)C(C)CCNCCCCCCCC[Si](OCC)(OCC)OCC. The van der Waals surface area contributed by atoms with E-state index in [1.807, 2.05) is 34.6 Å². The molecule has 1 N–H and O–H groups in total. The maximum atomic E-state index is 5.92. The Kier molecular flexibility index (Phi) is 21.2. The molecule has 6 nitrogen and oxygen atoms in total. The third-order valence-electron chi connectivity index (χ3n) is 4.91. The fourth-order valence-electron chi connectivity index (χ4n) is 3.47. The molecule has 0 aromatic heterocycles. The highest BCUT2D eigenvalue weighted by atomic mass is 28.4. The van der Waals surface area contributed by atoms with Crippen molar-refractivity contribution in [3.05, 3.63) is 0 Å². The first-order chi connectivity index (χ1) is 14.6. The summed E-state index contributed by atoms with van der Waals surface area (Å²) in [5.41, 5.74) is 0.517. The topological polar surface area (TPSA) is 58.2 Å². The van der Waals surface area contributed by atoms with Crippen molar-refractivity contribution >= 4 is 18.1 Å². The molecule has 1 unspecified atom stereocenters. The molecule has 8 heteroatoms. The highest BCUT2D eigenvalue weighted by Gasteiger charge is 2.39. The summed E-state index contributed by atoms with van der Waals surface area (Å²) in [6.45, 7) is 18.0. The lowest BCUT2D eigenvalue weighted by Gasteiger charge is -2.28. The monoisotopic (exact) mass is 464 g/mol. The van der Waals surface area contributed by atoms with E-state index >= 15 is 0 Å². The van der Waals surface area contributed by atoms with E-state index in [1.54, 1.807) is 0 Å². The smallest absolute Gasteiger partial charge is 0.393 e. The summed E-state index contributed by atoms with van der Waals surface area (Å²) in [5, 5.41) is 3.58. The normalized spacial score (nSPS) is 13.3. The summed E-state index contributed by atoms with van der Waals surface area (Å²) in [5.74, 6) is 0. The van der Waals surface area contributed by atoms with E-state index in [-0.39, 0.29) is 0 Å². The van der Waals surface area contributed by atoms with Gasteiger partial charge in [0.05, 0.1) is 0 Å². The second-order valence-electron chi connectivity index (χ2n) is 7.48. The first kappa shape index (κ1) is 30.2. The van der Waals surface area contributed by atoms with E-state index in [9.17, 15) is 0 Å². The minimum atomic E-state index is -2.44. The van der Waals surface area contributed by atoms with Gasteiger partial charge in [0.2, 0.25) is 0 Å². The summed E-state index contributed by atoms with van der Waals surface area (Å²) in [6, 6.07) is 0.940. The van der Waals surface area contributed by atoms with Crippen LogP contribution in [-0.2, 0) is 22.1 Å². The van der Waals surface area contributed by atoms with E-state index < -0.39 is 18.1 Å². The molecule has 0 aliphatic carbocycles. The fourth-order valence-corrected chi connectivity index (χ4v) is 7.76. The molecule has 1 radical (unpaired) electrons. The Labute approximate surface area is 189 Å². The van der Waals surface area contributed by atoms with Gasteiger partial charge in [-0.2, -0.15) is 0 Å². The molecule has 181 valence electrons. The van der Waals surface area contributed by atoms with Gasteiger partial charge in [0, 0.05) is 44.6 Å². The van der Waals surface area contributed by atoms with Crippen LogP contribution in [-0.4, -0.2) is 64.2 Å². The van der Waals surface area contributed by atoms with Crippen molar-refractivity contribution in [1.29, 1.82) is 0 Å². The van der Waals surface area contributed by atoms with Crippen molar-refractivity contribution in [1.82, 2.24) is 5.32 Å². The molecule has 30 heavy (non-hydrogen) atoms. The molecular formula is C22H50NO5Si2. The predicted molar refractivity (Wildman–Crippen MR) is 129 cm³/mol. The number of hydrogen-bond acceptors (Lipinski definition) is 6. The van der Waals surface area contributed by atoms with Gasteiger partial charge >= 0.3 is 18.1 Å². The molecule has 1 atom stereocenters. The number of hydrogen-bond donors (Lipinski definition) is 1. The Balaban J connectivity index is 3.73. The predicted octanol–water partition coefficient (Wildman–Crippen LogP) is 5.31. The highest BCUT2D eigenvalue weighted by molar-refractivity contribution is 6.60. The first-order valence-electron chi connectivity index (χ1n) is 12.3. The van der Waals surface area contributed by atoms with Gasteiger partial charge in [0.15, 0.2) is 0 Å². The van der Waals surface area contributed by atoms with Gasteiger partial charge in [-0.25, -0.2) is 0 Å². The van der Waals surface area contributed by atoms with Crippen LogP contribution in [0.3, 0.4) is 0 Å².